The Morgan fingerprint density at radius 1 is 1.24 bits per heavy atom. The largest absolute Gasteiger partial charge is 0.434 e. The van der Waals surface area contributed by atoms with Crippen molar-refractivity contribution in [3.8, 4) is 0 Å². The highest BCUT2D eigenvalue weighted by Gasteiger charge is 2.38. The third kappa shape index (κ3) is 3.04. The Hall–Kier alpha value is -2.77. The van der Waals surface area contributed by atoms with Crippen molar-refractivity contribution in [2.45, 2.75) is 6.18 Å². The number of halogens is 3. The van der Waals surface area contributed by atoms with Crippen LogP contribution in [-0.4, -0.2) is 28.1 Å². The minimum Gasteiger partial charge on any atom is -0.404 e. The number of allylic oxidation sites excluding steroid dienone is 1. The first-order chi connectivity index (χ1) is 9.97. The Bertz CT molecular complexity index is 732. The van der Waals surface area contributed by atoms with Gasteiger partial charge in [-0.05, 0) is 18.2 Å². The summed E-state index contributed by atoms with van der Waals surface area (Å²) in [5.41, 5.74) is 3.32. The molecule has 0 bridgehead atoms. The Kier molecular flexibility index (Phi) is 3.97. The number of aromatic nitrogens is 2. The molecule has 0 spiro atoms. The number of aldehydes is 1. The molecule has 0 aliphatic carbocycles. The summed E-state index contributed by atoms with van der Waals surface area (Å²) >= 11 is 0. The molecule has 8 heteroatoms. The van der Waals surface area contributed by atoms with Crippen LogP contribution in [0.5, 0.6) is 0 Å². The van der Waals surface area contributed by atoms with E-state index in [-0.39, 0.29) is 12.1 Å². The van der Waals surface area contributed by atoms with Crippen LogP contribution in [0.4, 0.5) is 19.0 Å². The molecule has 0 aliphatic heterocycles. The molecule has 2 aromatic heterocycles. The van der Waals surface area contributed by atoms with Gasteiger partial charge in [-0.25, -0.2) is 9.98 Å². The second-order valence-corrected chi connectivity index (χ2v) is 3.90. The third-order valence-corrected chi connectivity index (χ3v) is 2.57. The number of aliphatic imine (C=N–C) groups is 1. The second-order valence-electron chi connectivity index (χ2n) is 3.90. The van der Waals surface area contributed by atoms with Crippen molar-refractivity contribution in [2.24, 2.45) is 10.7 Å². The topological polar surface area (TPSA) is 81.2 Å². The van der Waals surface area contributed by atoms with Crippen molar-refractivity contribution in [3.05, 3.63) is 42.4 Å². The lowest BCUT2D eigenvalue weighted by Gasteiger charge is -2.10. The molecule has 108 valence electrons. The SMILES string of the molecule is NC=C(C=O)C(=Nc1nccc2ncccc12)C(F)(F)F. The van der Waals surface area contributed by atoms with Gasteiger partial charge in [-0.3, -0.25) is 9.78 Å². The van der Waals surface area contributed by atoms with Crippen molar-refractivity contribution in [1.29, 1.82) is 0 Å². The highest BCUT2D eigenvalue weighted by molar-refractivity contribution is 6.18. The van der Waals surface area contributed by atoms with E-state index in [1.54, 1.807) is 12.1 Å². The van der Waals surface area contributed by atoms with Crippen molar-refractivity contribution in [3.63, 3.8) is 0 Å². The molecule has 2 heterocycles. The van der Waals surface area contributed by atoms with Gasteiger partial charge in [0.1, 0.15) is 0 Å². The number of nitrogens with zero attached hydrogens (tertiary/aromatic N) is 3. The first-order valence-electron chi connectivity index (χ1n) is 5.70. The molecule has 0 fully saturated rings. The highest BCUT2D eigenvalue weighted by atomic mass is 19.4. The van der Waals surface area contributed by atoms with E-state index >= 15 is 0 Å². The first-order valence-corrected chi connectivity index (χ1v) is 5.70. The Balaban J connectivity index is 2.69. The molecule has 21 heavy (non-hydrogen) atoms. The minimum atomic E-state index is -4.84. The monoisotopic (exact) mass is 294 g/mol. The maximum atomic E-state index is 13.0. The summed E-state index contributed by atoms with van der Waals surface area (Å²) in [4.78, 5) is 22.0. The van der Waals surface area contributed by atoms with E-state index in [9.17, 15) is 18.0 Å². The number of rotatable bonds is 3. The molecule has 2 aromatic rings. The van der Waals surface area contributed by atoms with E-state index in [0.717, 1.165) is 0 Å². The van der Waals surface area contributed by atoms with Crippen LogP contribution in [0.15, 0.2) is 47.4 Å². The van der Waals surface area contributed by atoms with Gasteiger partial charge in [0.25, 0.3) is 0 Å². The number of carbonyl (C=O) groups is 1. The predicted molar refractivity (Wildman–Crippen MR) is 71.0 cm³/mol. The number of hydrogen-bond donors (Lipinski definition) is 1. The molecular formula is C13H9F3N4O. The fourth-order valence-corrected chi connectivity index (χ4v) is 1.65. The summed E-state index contributed by atoms with van der Waals surface area (Å²) in [5, 5.41) is 0.337. The molecule has 0 aliphatic rings. The fraction of sp³-hybridized carbons (Fsp3) is 0.0769. The van der Waals surface area contributed by atoms with Crippen LogP contribution in [0, 0.1) is 0 Å². The predicted octanol–water partition coefficient (Wildman–Crippen LogP) is 2.31. The lowest BCUT2D eigenvalue weighted by atomic mass is 10.1. The molecule has 0 saturated carbocycles. The van der Waals surface area contributed by atoms with Gasteiger partial charge in [-0.1, -0.05) is 0 Å². The summed E-state index contributed by atoms with van der Waals surface area (Å²) in [7, 11) is 0. The molecule has 0 saturated heterocycles. The Morgan fingerprint density at radius 3 is 2.62 bits per heavy atom. The number of alkyl halides is 3. The zero-order chi connectivity index (χ0) is 15.5. The molecule has 0 aromatic carbocycles. The average Bonchev–Trinajstić information content (AvgIpc) is 2.46. The van der Waals surface area contributed by atoms with E-state index in [2.05, 4.69) is 15.0 Å². The van der Waals surface area contributed by atoms with Crippen LogP contribution in [0.25, 0.3) is 10.9 Å². The van der Waals surface area contributed by atoms with Crippen molar-refractivity contribution >= 4 is 28.7 Å². The molecule has 0 amide bonds. The zero-order valence-corrected chi connectivity index (χ0v) is 10.5. The van der Waals surface area contributed by atoms with Gasteiger partial charge in [-0.2, -0.15) is 13.2 Å². The van der Waals surface area contributed by atoms with Crippen molar-refractivity contribution in [1.82, 2.24) is 9.97 Å². The van der Waals surface area contributed by atoms with Crippen LogP contribution in [0.2, 0.25) is 0 Å². The summed E-state index contributed by atoms with van der Waals surface area (Å²) in [6, 6.07) is 4.63. The summed E-state index contributed by atoms with van der Waals surface area (Å²) in [5.74, 6) is -0.186. The van der Waals surface area contributed by atoms with Gasteiger partial charge < -0.3 is 5.73 Å². The van der Waals surface area contributed by atoms with Crippen molar-refractivity contribution in [2.75, 3.05) is 0 Å². The molecule has 5 nitrogen and oxygen atoms in total. The average molecular weight is 294 g/mol. The number of hydrogen-bond acceptors (Lipinski definition) is 5. The molecule has 0 unspecified atom stereocenters. The quantitative estimate of drug-likeness (QED) is 0.535. The lowest BCUT2D eigenvalue weighted by molar-refractivity contribution is -0.105. The fourth-order valence-electron chi connectivity index (χ4n) is 1.65. The Labute approximate surface area is 117 Å². The van der Waals surface area contributed by atoms with Crippen molar-refractivity contribution < 1.29 is 18.0 Å². The normalized spacial score (nSPS) is 13.5. The Morgan fingerprint density at radius 2 is 2.00 bits per heavy atom. The molecular weight excluding hydrogens is 285 g/mol. The summed E-state index contributed by atoms with van der Waals surface area (Å²) in [6.45, 7) is 0. The van der Waals surface area contributed by atoms with Crippen LogP contribution < -0.4 is 5.73 Å². The van der Waals surface area contributed by atoms with E-state index in [4.69, 9.17) is 5.73 Å². The van der Waals surface area contributed by atoms with Crippen LogP contribution >= 0.6 is 0 Å². The number of fused-ring (bicyclic) bond motifs is 1. The van der Waals surface area contributed by atoms with E-state index in [1.165, 1.54) is 18.5 Å². The standard InChI is InChI=1S/C13H9F3N4O/c14-13(15,16)11(8(6-17)7-21)20-12-9-2-1-4-18-10(9)3-5-19-12/h1-7H,17H2. The number of pyridine rings is 2. The van der Waals surface area contributed by atoms with E-state index < -0.39 is 17.5 Å². The minimum absolute atomic E-state index is 0.00426. The van der Waals surface area contributed by atoms with E-state index in [0.29, 0.717) is 17.1 Å². The molecule has 0 atom stereocenters. The van der Waals surface area contributed by atoms with Gasteiger partial charge in [0.15, 0.2) is 17.8 Å². The maximum absolute atomic E-state index is 13.0. The first kappa shape index (κ1) is 14.6. The van der Waals surface area contributed by atoms with Crippen LogP contribution in [-0.2, 0) is 4.79 Å². The summed E-state index contributed by atoms with van der Waals surface area (Å²) < 4.78 is 39.0. The smallest absolute Gasteiger partial charge is 0.404 e. The van der Waals surface area contributed by atoms with Gasteiger partial charge >= 0.3 is 6.18 Å². The zero-order valence-electron chi connectivity index (χ0n) is 10.5. The van der Waals surface area contributed by atoms with Gasteiger partial charge in [-0.15, -0.1) is 0 Å². The summed E-state index contributed by atoms with van der Waals surface area (Å²) in [6.07, 6.45) is -1.50. The van der Waals surface area contributed by atoms with E-state index in [1.807, 2.05) is 0 Å². The highest BCUT2D eigenvalue weighted by Crippen LogP contribution is 2.27. The lowest BCUT2D eigenvalue weighted by Crippen LogP contribution is -2.26. The van der Waals surface area contributed by atoms with Gasteiger partial charge in [0, 0.05) is 24.0 Å². The number of carbonyl (C=O) groups excluding carboxylic acids is 1. The van der Waals surface area contributed by atoms with Gasteiger partial charge in [0.05, 0.1) is 11.1 Å². The maximum Gasteiger partial charge on any atom is 0.434 e. The van der Waals surface area contributed by atoms with Crippen LogP contribution in [0.1, 0.15) is 0 Å². The molecule has 2 N–H and O–H groups in total. The third-order valence-electron chi connectivity index (χ3n) is 2.57. The van der Waals surface area contributed by atoms with Crippen LogP contribution in [0.3, 0.4) is 0 Å². The molecule has 0 radical (unpaired) electrons. The number of nitrogens with two attached hydrogens (primary N) is 1. The second kappa shape index (κ2) is 5.70. The molecule has 2 rings (SSSR count). The van der Waals surface area contributed by atoms with Gasteiger partial charge in [0.2, 0.25) is 0 Å².